The van der Waals surface area contributed by atoms with Gasteiger partial charge in [0, 0.05) is 25.0 Å². The molecule has 17 heavy (non-hydrogen) atoms. The van der Waals surface area contributed by atoms with Gasteiger partial charge in [0.1, 0.15) is 5.69 Å². The van der Waals surface area contributed by atoms with Crippen LogP contribution in [0.25, 0.3) is 11.1 Å². The molecule has 0 atom stereocenters. The fourth-order valence-corrected chi connectivity index (χ4v) is 1.52. The van der Waals surface area contributed by atoms with Crippen LogP contribution in [-0.2, 0) is 0 Å². The third kappa shape index (κ3) is 1.92. The summed E-state index contributed by atoms with van der Waals surface area (Å²) >= 11 is 0. The Labute approximate surface area is 97.5 Å². The van der Waals surface area contributed by atoms with Crippen LogP contribution in [0.2, 0.25) is 0 Å². The lowest BCUT2D eigenvalue weighted by Crippen LogP contribution is -2.04. The van der Waals surface area contributed by atoms with Gasteiger partial charge in [-0.05, 0) is 6.07 Å². The zero-order valence-corrected chi connectivity index (χ0v) is 9.21. The molecular weight excluding hydrogens is 218 g/mol. The predicted molar refractivity (Wildman–Crippen MR) is 64.2 cm³/mol. The van der Waals surface area contributed by atoms with Gasteiger partial charge in [-0.15, -0.1) is 0 Å². The normalized spacial score (nSPS) is 11.5. The number of fused-ring (bicyclic) bond motifs is 1. The van der Waals surface area contributed by atoms with E-state index in [9.17, 15) is 4.79 Å². The summed E-state index contributed by atoms with van der Waals surface area (Å²) in [6, 6.07) is 1.71. The van der Waals surface area contributed by atoms with Gasteiger partial charge in [0.15, 0.2) is 6.29 Å². The Morgan fingerprint density at radius 2 is 2.41 bits per heavy atom. The van der Waals surface area contributed by atoms with E-state index in [1.165, 1.54) is 6.21 Å². The number of nitrogens with one attached hydrogen (secondary N) is 2. The fraction of sp³-hybridized carbons (Fsp3) is 0.0909. The van der Waals surface area contributed by atoms with E-state index < -0.39 is 0 Å². The Morgan fingerprint density at radius 1 is 1.59 bits per heavy atom. The largest absolute Gasteiger partial charge is 0.393 e. The number of hydrogen-bond acceptors (Lipinski definition) is 5. The van der Waals surface area contributed by atoms with Crippen LogP contribution < -0.4 is 5.32 Å². The fourth-order valence-electron chi connectivity index (χ4n) is 1.52. The first-order valence-electron chi connectivity index (χ1n) is 4.98. The lowest BCUT2D eigenvalue weighted by molar-refractivity contribution is 0.112. The first kappa shape index (κ1) is 11.0. The van der Waals surface area contributed by atoms with Crippen LogP contribution >= 0.6 is 0 Å². The molecule has 6 nitrogen and oxygen atoms in total. The summed E-state index contributed by atoms with van der Waals surface area (Å²) in [5, 5.41) is 14.2. The van der Waals surface area contributed by atoms with Gasteiger partial charge in [-0.2, -0.15) is 5.10 Å². The molecule has 0 radical (unpaired) electrons. The summed E-state index contributed by atoms with van der Waals surface area (Å²) in [4.78, 5) is 15.1. The van der Waals surface area contributed by atoms with Gasteiger partial charge >= 0.3 is 0 Å². The summed E-state index contributed by atoms with van der Waals surface area (Å²) in [5.41, 5.74) is 2.06. The van der Waals surface area contributed by atoms with Gasteiger partial charge in [0.05, 0.1) is 23.6 Å². The van der Waals surface area contributed by atoms with Crippen molar-refractivity contribution in [2.24, 2.45) is 0 Å². The highest BCUT2D eigenvalue weighted by Gasteiger charge is 2.08. The lowest BCUT2D eigenvalue weighted by atomic mass is 10.2. The molecule has 0 bridgehead atoms. The van der Waals surface area contributed by atoms with Gasteiger partial charge in [-0.1, -0.05) is 0 Å². The molecule has 0 aliphatic rings. The first-order chi connectivity index (χ1) is 8.30. The van der Waals surface area contributed by atoms with Crippen LogP contribution in [0.1, 0.15) is 16.2 Å². The van der Waals surface area contributed by atoms with Gasteiger partial charge in [-0.25, -0.2) is 9.50 Å². The van der Waals surface area contributed by atoms with Crippen LogP contribution in [0.3, 0.4) is 0 Å². The van der Waals surface area contributed by atoms with Crippen LogP contribution in [0.15, 0.2) is 24.7 Å². The average Bonchev–Trinajstić information content (AvgIpc) is 2.82. The zero-order chi connectivity index (χ0) is 12.3. The molecule has 0 aromatic carbocycles. The molecule has 2 rings (SSSR count). The van der Waals surface area contributed by atoms with Crippen LogP contribution in [0.5, 0.6) is 0 Å². The summed E-state index contributed by atoms with van der Waals surface area (Å²) in [7, 11) is 1.73. The Hall–Kier alpha value is -2.50. The van der Waals surface area contributed by atoms with Crippen molar-refractivity contribution in [3.05, 3.63) is 36.0 Å². The second-order valence-electron chi connectivity index (χ2n) is 3.32. The van der Waals surface area contributed by atoms with Crippen LogP contribution in [0.4, 0.5) is 0 Å². The number of rotatable bonds is 4. The maximum Gasteiger partial charge on any atom is 0.170 e. The quantitative estimate of drug-likeness (QED) is 0.598. The van der Waals surface area contributed by atoms with E-state index in [2.05, 4.69) is 15.4 Å². The average molecular weight is 229 g/mol. The first-order valence-corrected chi connectivity index (χ1v) is 4.98. The molecule has 2 aromatic heterocycles. The number of aldehydes is 1. The molecule has 0 fully saturated rings. The van der Waals surface area contributed by atoms with E-state index in [1.54, 1.807) is 36.2 Å². The molecule has 0 aliphatic heterocycles. The van der Waals surface area contributed by atoms with E-state index in [4.69, 9.17) is 5.41 Å². The van der Waals surface area contributed by atoms with Gasteiger partial charge < -0.3 is 10.7 Å². The van der Waals surface area contributed by atoms with Crippen molar-refractivity contribution in [1.82, 2.24) is 19.9 Å². The van der Waals surface area contributed by atoms with Gasteiger partial charge in [0.2, 0.25) is 0 Å². The van der Waals surface area contributed by atoms with Crippen molar-refractivity contribution < 1.29 is 4.79 Å². The summed E-state index contributed by atoms with van der Waals surface area (Å²) in [5.74, 6) is 0. The highest BCUT2D eigenvalue weighted by atomic mass is 16.1. The molecule has 0 unspecified atom stereocenters. The number of allylic oxidation sites excluding steroid dienone is 1. The predicted octanol–water partition coefficient (Wildman–Crippen LogP) is 0.752. The number of aromatic nitrogens is 3. The third-order valence-electron chi connectivity index (χ3n) is 2.28. The minimum absolute atomic E-state index is 0.309. The van der Waals surface area contributed by atoms with E-state index in [0.29, 0.717) is 28.8 Å². The molecule has 0 aliphatic carbocycles. The topological polar surface area (TPSA) is 83.1 Å². The Kier molecular flexibility index (Phi) is 2.95. The van der Waals surface area contributed by atoms with E-state index >= 15 is 0 Å². The number of carbonyl (C=O) groups is 1. The number of nitrogens with zero attached hydrogens (tertiary/aromatic N) is 3. The van der Waals surface area contributed by atoms with E-state index in [-0.39, 0.29) is 0 Å². The van der Waals surface area contributed by atoms with Crippen molar-refractivity contribution in [2.75, 3.05) is 7.05 Å². The Morgan fingerprint density at radius 3 is 3.06 bits per heavy atom. The highest BCUT2D eigenvalue weighted by molar-refractivity contribution is 6.07. The van der Waals surface area contributed by atoms with Crippen molar-refractivity contribution in [1.29, 1.82) is 5.41 Å². The highest BCUT2D eigenvalue weighted by Crippen LogP contribution is 2.13. The smallest absolute Gasteiger partial charge is 0.170 e. The van der Waals surface area contributed by atoms with Crippen molar-refractivity contribution >= 4 is 23.6 Å². The van der Waals surface area contributed by atoms with Crippen molar-refractivity contribution in [3.8, 4) is 0 Å². The van der Waals surface area contributed by atoms with Gasteiger partial charge in [-0.3, -0.25) is 4.79 Å². The number of carbonyl (C=O) groups excluding carboxylic acids is 1. The molecule has 0 saturated carbocycles. The van der Waals surface area contributed by atoms with Crippen molar-refractivity contribution in [3.63, 3.8) is 0 Å². The molecule has 2 aromatic rings. The summed E-state index contributed by atoms with van der Waals surface area (Å²) in [6.07, 6.45) is 6.76. The Bertz CT molecular complexity index is 599. The van der Waals surface area contributed by atoms with Crippen LogP contribution in [0, 0.1) is 5.41 Å². The van der Waals surface area contributed by atoms with Crippen molar-refractivity contribution in [2.45, 2.75) is 0 Å². The van der Waals surface area contributed by atoms with Crippen LogP contribution in [-0.4, -0.2) is 34.1 Å². The second kappa shape index (κ2) is 4.56. The van der Waals surface area contributed by atoms with E-state index in [1.807, 2.05) is 0 Å². The third-order valence-corrected chi connectivity index (χ3v) is 2.28. The molecule has 0 amide bonds. The SMILES string of the molecule is CN/C=C(\C=N)c1cn2nccc2c(C=O)n1. The zero-order valence-electron chi connectivity index (χ0n) is 9.21. The molecule has 6 heteroatoms. The summed E-state index contributed by atoms with van der Waals surface area (Å²) < 4.78 is 1.57. The standard InChI is InChI=1S/C11H11N5O/c1-13-5-8(4-12)9-6-16-11(2-3-14-16)10(7-17)15-9/h2-7,12-13H,1H3/b8-5+,12-4?. The molecule has 0 saturated heterocycles. The minimum Gasteiger partial charge on any atom is -0.393 e. The summed E-state index contributed by atoms with van der Waals surface area (Å²) in [6.45, 7) is 0. The van der Waals surface area contributed by atoms with E-state index in [0.717, 1.165) is 0 Å². The molecule has 2 N–H and O–H groups in total. The molecular formula is C11H11N5O. The van der Waals surface area contributed by atoms with Gasteiger partial charge in [0.25, 0.3) is 0 Å². The maximum absolute atomic E-state index is 10.9. The minimum atomic E-state index is 0.309. The lowest BCUT2D eigenvalue weighted by Gasteiger charge is -2.04. The molecule has 86 valence electrons. The maximum atomic E-state index is 10.9. The number of hydrogen-bond donors (Lipinski definition) is 2. The second-order valence-corrected chi connectivity index (χ2v) is 3.32. The molecule has 2 heterocycles. The molecule has 0 spiro atoms. The Balaban J connectivity index is 2.66. The monoisotopic (exact) mass is 229 g/mol.